The summed E-state index contributed by atoms with van der Waals surface area (Å²) in [6.45, 7) is 5.77. The van der Waals surface area contributed by atoms with E-state index in [1.165, 1.54) is 0 Å². The summed E-state index contributed by atoms with van der Waals surface area (Å²) in [7, 11) is 0. The standard InChI is InChI=1S/C23H28N2O2/c1-4-5-15-23(27)25(19-11-7-6-8-12-19)22-16-17(2)24(18(3)26)21-14-10-9-13-20(21)22/h6-14,17,22H,4-5,15-16H2,1-3H3. The number of carbonyl (C=O) groups is 2. The summed E-state index contributed by atoms with van der Waals surface area (Å²) in [5.74, 6) is 0.184. The van der Waals surface area contributed by atoms with Crippen LogP contribution in [0.5, 0.6) is 0 Å². The second kappa shape index (κ2) is 8.38. The van der Waals surface area contributed by atoms with E-state index in [-0.39, 0.29) is 23.9 Å². The third-order valence-electron chi connectivity index (χ3n) is 5.26. The van der Waals surface area contributed by atoms with E-state index in [0.717, 1.165) is 36.2 Å². The largest absolute Gasteiger partial charge is 0.309 e. The van der Waals surface area contributed by atoms with Crippen molar-refractivity contribution in [2.45, 2.75) is 58.5 Å². The Hall–Kier alpha value is -2.62. The van der Waals surface area contributed by atoms with E-state index in [9.17, 15) is 9.59 Å². The van der Waals surface area contributed by atoms with Gasteiger partial charge in [-0.15, -0.1) is 0 Å². The molecule has 2 atom stereocenters. The zero-order valence-electron chi connectivity index (χ0n) is 16.4. The number of carbonyl (C=O) groups excluding carboxylic acids is 2. The molecule has 2 amide bonds. The Kier molecular flexibility index (Phi) is 5.94. The molecular formula is C23H28N2O2. The Morgan fingerprint density at radius 2 is 1.74 bits per heavy atom. The van der Waals surface area contributed by atoms with Gasteiger partial charge in [-0.3, -0.25) is 9.59 Å². The number of hydrogen-bond acceptors (Lipinski definition) is 2. The van der Waals surface area contributed by atoms with Gasteiger partial charge in [-0.25, -0.2) is 0 Å². The first-order chi connectivity index (χ1) is 13.0. The maximum atomic E-state index is 13.2. The van der Waals surface area contributed by atoms with Crippen molar-refractivity contribution in [3.05, 3.63) is 60.2 Å². The molecule has 142 valence electrons. The molecule has 0 spiro atoms. The van der Waals surface area contributed by atoms with Crippen molar-refractivity contribution >= 4 is 23.2 Å². The molecule has 2 unspecified atom stereocenters. The fourth-order valence-electron chi connectivity index (χ4n) is 4.04. The molecule has 1 aliphatic heterocycles. The Balaban J connectivity index is 2.07. The van der Waals surface area contributed by atoms with Crippen LogP contribution in [0.4, 0.5) is 11.4 Å². The highest BCUT2D eigenvalue weighted by molar-refractivity contribution is 5.97. The average Bonchev–Trinajstić information content (AvgIpc) is 2.67. The van der Waals surface area contributed by atoms with Crippen molar-refractivity contribution in [2.24, 2.45) is 0 Å². The number of hydrogen-bond donors (Lipinski definition) is 0. The lowest BCUT2D eigenvalue weighted by Crippen LogP contribution is -2.47. The van der Waals surface area contributed by atoms with E-state index >= 15 is 0 Å². The molecule has 0 aromatic heterocycles. The normalized spacial score (nSPS) is 18.7. The van der Waals surface area contributed by atoms with Gasteiger partial charge in [0.15, 0.2) is 0 Å². The van der Waals surface area contributed by atoms with Crippen molar-refractivity contribution in [2.75, 3.05) is 9.80 Å². The molecule has 0 radical (unpaired) electrons. The van der Waals surface area contributed by atoms with E-state index in [1.54, 1.807) is 6.92 Å². The van der Waals surface area contributed by atoms with Crippen LogP contribution in [0.2, 0.25) is 0 Å². The van der Waals surface area contributed by atoms with Gasteiger partial charge >= 0.3 is 0 Å². The van der Waals surface area contributed by atoms with Gasteiger partial charge in [-0.2, -0.15) is 0 Å². The number of anilines is 2. The number of rotatable bonds is 5. The van der Waals surface area contributed by atoms with Crippen molar-refractivity contribution < 1.29 is 9.59 Å². The summed E-state index contributed by atoms with van der Waals surface area (Å²) in [6, 6.07) is 17.8. The lowest BCUT2D eigenvalue weighted by molar-refractivity contribution is -0.119. The predicted molar refractivity (Wildman–Crippen MR) is 110 cm³/mol. The molecule has 0 fully saturated rings. The number of unbranched alkanes of at least 4 members (excludes halogenated alkanes) is 1. The molecule has 0 saturated heterocycles. The van der Waals surface area contributed by atoms with Crippen molar-refractivity contribution in [1.82, 2.24) is 0 Å². The molecule has 2 aromatic rings. The van der Waals surface area contributed by atoms with Gasteiger partial charge in [-0.1, -0.05) is 49.7 Å². The van der Waals surface area contributed by atoms with Crippen LogP contribution in [0.1, 0.15) is 58.1 Å². The summed E-state index contributed by atoms with van der Waals surface area (Å²) in [6.07, 6.45) is 3.13. The predicted octanol–water partition coefficient (Wildman–Crippen LogP) is 5.10. The molecule has 0 N–H and O–H groups in total. The molecule has 4 nitrogen and oxygen atoms in total. The van der Waals surface area contributed by atoms with Crippen molar-refractivity contribution in [3.8, 4) is 0 Å². The summed E-state index contributed by atoms with van der Waals surface area (Å²) in [4.78, 5) is 29.2. The van der Waals surface area contributed by atoms with Crippen LogP contribution in [-0.2, 0) is 9.59 Å². The quantitative estimate of drug-likeness (QED) is 0.741. The minimum Gasteiger partial charge on any atom is -0.309 e. The van der Waals surface area contributed by atoms with E-state index in [4.69, 9.17) is 0 Å². The van der Waals surface area contributed by atoms with Crippen molar-refractivity contribution in [1.29, 1.82) is 0 Å². The highest BCUT2D eigenvalue weighted by Gasteiger charge is 2.37. The first-order valence-electron chi connectivity index (χ1n) is 9.80. The fraction of sp³-hybridized carbons (Fsp3) is 0.391. The summed E-state index contributed by atoms with van der Waals surface area (Å²) < 4.78 is 0. The Morgan fingerprint density at radius 3 is 2.41 bits per heavy atom. The summed E-state index contributed by atoms with van der Waals surface area (Å²) in [5, 5.41) is 0. The number of para-hydroxylation sites is 2. The monoisotopic (exact) mass is 364 g/mol. The first-order valence-corrected chi connectivity index (χ1v) is 9.80. The molecule has 4 heteroatoms. The van der Waals surface area contributed by atoms with Gasteiger partial charge in [0.25, 0.3) is 0 Å². The number of fused-ring (bicyclic) bond motifs is 1. The highest BCUT2D eigenvalue weighted by atomic mass is 16.2. The molecule has 3 rings (SSSR count). The van der Waals surface area contributed by atoms with Gasteiger partial charge in [0.05, 0.1) is 6.04 Å². The second-order valence-electron chi connectivity index (χ2n) is 7.25. The van der Waals surface area contributed by atoms with E-state index in [2.05, 4.69) is 13.8 Å². The zero-order chi connectivity index (χ0) is 19.4. The number of benzene rings is 2. The molecule has 0 saturated carbocycles. The third kappa shape index (κ3) is 3.90. The Bertz CT molecular complexity index is 803. The van der Waals surface area contributed by atoms with Gasteiger partial charge in [-0.05, 0) is 43.5 Å². The zero-order valence-corrected chi connectivity index (χ0v) is 16.4. The van der Waals surface area contributed by atoms with Crippen LogP contribution in [0.3, 0.4) is 0 Å². The third-order valence-corrected chi connectivity index (χ3v) is 5.26. The molecule has 2 aromatic carbocycles. The molecule has 1 heterocycles. The van der Waals surface area contributed by atoms with Crippen LogP contribution >= 0.6 is 0 Å². The number of amides is 2. The summed E-state index contributed by atoms with van der Waals surface area (Å²) in [5.41, 5.74) is 2.87. The Morgan fingerprint density at radius 1 is 1.07 bits per heavy atom. The van der Waals surface area contributed by atoms with Crippen LogP contribution in [-0.4, -0.2) is 17.9 Å². The maximum Gasteiger partial charge on any atom is 0.227 e. The number of nitrogens with zero attached hydrogens (tertiary/aromatic N) is 2. The molecule has 27 heavy (non-hydrogen) atoms. The SMILES string of the molecule is CCCCC(=O)N(c1ccccc1)C1CC(C)N(C(C)=O)c2ccccc21. The topological polar surface area (TPSA) is 40.6 Å². The summed E-state index contributed by atoms with van der Waals surface area (Å²) >= 11 is 0. The van der Waals surface area contributed by atoms with E-state index < -0.39 is 0 Å². The van der Waals surface area contributed by atoms with E-state index in [0.29, 0.717) is 6.42 Å². The molecular weight excluding hydrogens is 336 g/mol. The molecule has 1 aliphatic rings. The fourth-order valence-corrected chi connectivity index (χ4v) is 4.04. The molecule has 0 aliphatic carbocycles. The highest BCUT2D eigenvalue weighted by Crippen LogP contribution is 2.42. The van der Waals surface area contributed by atoms with E-state index in [1.807, 2.05) is 64.4 Å². The first kappa shape index (κ1) is 19.2. The molecule has 0 bridgehead atoms. The van der Waals surface area contributed by atoms with Crippen LogP contribution in [0.25, 0.3) is 0 Å². The van der Waals surface area contributed by atoms with Crippen LogP contribution in [0, 0.1) is 0 Å². The minimum absolute atomic E-state index is 0.0348. The lowest BCUT2D eigenvalue weighted by atomic mass is 9.89. The van der Waals surface area contributed by atoms with Crippen molar-refractivity contribution in [3.63, 3.8) is 0 Å². The van der Waals surface area contributed by atoms with Crippen LogP contribution < -0.4 is 9.80 Å². The maximum absolute atomic E-state index is 13.2. The van der Waals surface area contributed by atoms with Gasteiger partial charge in [0, 0.05) is 30.8 Å². The van der Waals surface area contributed by atoms with Gasteiger partial charge in [0.1, 0.15) is 0 Å². The van der Waals surface area contributed by atoms with Crippen LogP contribution in [0.15, 0.2) is 54.6 Å². The average molecular weight is 364 g/mol. The Labute approximate surface area is 161 Å². The van der Waals surface area contributed by atoms with Gasteiger partial charge < -0.3 is 9.80 Å². The van der Waals surface area contributed by atoms with Gasteiger partial charge in [0.2, 0.25) is 11.8 Å². The smallest absolute Gasteiger partial charge is 0.227 e. The minimum atomic E-state index is -0.0708. The lowest BCUT2D eigenvalue weighted by Gasteiger charge is -2.43. The second-order valence-corrected chi connectivity index (χ2v) is 7.25.